The summed E-state index contributed by atoms with van der Waals surface area (Å²) in [6.45, 7) is 2.70. The Morgan fingerprint density at radius 2 is 1.83 bits per heavy atom. The second-order valence-corrected chi connectivity index (χ2v) is 11.7. The van der Waals surface area contributed by atoms with Crippen LogP contribution >= 0.6 is 0 Å². The molecule has 14 nitrogen and oxygen atoms in total. The van der Waals surface area contributed by atoms with Crippen LogP contribution in [-0.4, -0.2) is 95.2 Å². The van der Waals surface area contributed by atoms with Crippen LogP contribution < -0.4 is 22.5 Å². The van der Waals surface area contributed by atoms with Crippen LogP contribution in [0.2, 0.25) is 0 Å². The highest BCUT2D eigenvalue weighted by Gasteiger charge is 2.36. The Hall–Kier alpha value is -4.04. The first-order chi connectivity index (χ1) is 21.9. The minimum absolute atomic E-state index is 0.0319. The van der Waals surface area contributed by atoms with E-state index in [4.69, 9.17) is 21.9 Å². The number of hydrogen-bond donors (Lipinski definition) is 6. The minimum atomic E-state index is -0.826. The number of benzene rings is 1. The summed E-state index contributed by atoms with van der Waals surface area (Å²) in [7, 11) is 0. The van der Waals surface area contributed by atoms with Gasteiger partial charge in [0, 0.05) is 38.5 Å². The van der Waals surface area contributed by atoms with E-state index in [-0.39, 0.29) is 86.2 Å². The molecule has 1 aromatic carbocycles. The van der Waals surface area contributed by atoms with Gasteiger partial charge in [0.2, 0.25) is 11.8 Å². The van der Waals surface area contributed by atoms with E-state index in [0.29, 0.717) is 63.6 Å². The molecule has 1 aliphatic rings. The molecule has 9 N–H and O–H groups in total. The number of nitrogens with zero attached hydrogens (tertiary/aromatic N) is 2. The zero-order valence-corrected chi connectivity index (χ0v) is 26.7. The topological polar surface area (TPSA) is 241 Å². The van der Waals surface area contributed by atoms with E-state index >= 15 is 0 Å². The maximum Gasteiger partial charge on any atom is 0.227 e. The third kappa shape index (κ3) is 13.5. The number of nitrogens with two attached hydrogens (primary N) is 3. The normalized spacial score (nSPS) is 15.6. The Kier molecular flexibility index (Phi) is 16.7. The van der Waals surface area contributed by atoms with E-state index in [1.54, 1.807) is 0 Å². The number of carbonyl (C=O) groups is 5. The summed E-state index contributed by atoms with van der Waals surface area (Å²) >= 11 is 0. The molecule has 2 amide bonds. The van der Waals surface area contributed by atoms with Gasteiger partial charge in [-0.2, -0.15) is 0 Å². The van der Waals surface area contributed by atoms with E-state index < -0.39 is 23.9 Å². The van der Waals surface area contributed by atoms with Gasteiger partial charge in [-0.15, -0.1) is 0 Å². The summed E-state index contributed by atoms with van der Waals surface area (Å²) in [6.07, 6.45) is 3.83. The molecule has 14 heteroatoms. The summed E-state index contributed by atoms with van der Waals surface area (Å²) in [5.41, 5.74) is 17.0. The lowest BCUT2D eigenvalue weighted by Gasteiger charge is -2.26. The highest BCUT2D eigenvalue weighted by Crippen LogP contribution is 2.27. The third-order valence-corrected chi connectivity index (χ3v) is 7.83. The molecule has 2 rings (SSSR count). The number of nitrogens with one attached hydrogen (secondary N) is 1. The quantitative estimate of drug-likeness (QED) is 0.0446. The highest BCUT2D eigenvalue weighted by atomic mass is 16.5. The van der Waals surface area contributed by atoms with Gasteiger partial charge in [-0.05, 0) is 76.1 Å². The van der Waals surface area contributed by atoms with E-state index in [1.165, 1.54) is 30.0 Å². The molecule has 0 aliphatic carbocycles. The molecule has 46 heavy (non-hydrogen) atoms. The Bertz CT molecular complexity index is 1220. The number of phenolic OH excluding ortho intramolecular Hbond substituents is 2. The largest absolute Gasteiger partial charge is 0.504 e. The lowest BCUT2D eigenvalue weighted by atomic mass is 9.91. The molecule has 0 aromatic heterocycles. The molecule has 1 aromatic rings. The maximum absolute atomic E-state index is 13.6. The summed E-state index contributed by atoms with van der Waals surface area (Å²) in [4.78, 5) is 70.1. The van der Waals surface area contributed by atoms with E-state index in [1.807, 2.05) is 0 Å². The molecule has 0 unspecified atom stereocenters. The Balaban J connectivity index is 2.11. The first-order valence-electron chi connectivity index (χ1n) is 15.9. The number of aliphatic imine (C=N–C) groups is 1. The number of phenols is 2. The van der Waals surface area contributed by atoms with Gasteiger partial charge in [0.15, 0.2) is 34.8 Å². The van der Waals surface area contributed by atoms with E-state index in [0.717, 1.165) is 0 Å². The molecule has 3 atom stereocenters. The zero-order valence-electron chi connectivity index (χ0n) is 26.7. The van der Waals surface area contributed by atoms with Gasteiger partial charge in [-0.3, -0.25) is 29.0 Å². The minimum Gasteiger partial charge on any atom is -0.504 e. The average Bonchev–Trinajstić information content (AvgIpc) is 3.50. The molecule has 256 valence electrons. The van der Waals surface area contributed by atoms with Gasteiger partial charge in [-0.1, -0.05) is 12.5 Å². The average molecular weight is 647 g/mol. The van der Waals surface area contributed by atoms with Crippen molar-refractivity contribution < 1.29 is 38.9 Å². The molecule has 0 saturated carbocycles. The van der Waals surface area contributed by atoms with Crippen LogP contribution in [0.1, 0.15) is 76.7 Å². The molecule has 1 saturated heterocycles. The lowest BCUT2D eigenvalue weighted by molar-refractivity contribution is -0.138. The molecule has 1 heterocycles. The van der Waals surface area contributed by atoms with Crippen molar-refractivity contribution in [3.8, 4) is 11.5 Å². The molecule has 1 aliphatic heterocycles. The van der Waals surface area contributed by atoms with Gasteiger partial charge in [-0.25, -0.2) is 0 Å². The number of ketones is 3. The number of rotatable bonds is 22. The van der Waals surface area contributed by atoms with Crippen molar-refractivity contribution in [3.63, 3.8) is 0 Å². The highest BCUT2D eigenvalue weighted by molar-refractivity contribution is 5.95. The first kappa shape index (κ1) is 38.1. The van der Waals surface area contributed by atoms with Crippen molar-refractivity contribution in [2.45, 2.75) is 89.6 Å². The predicted molar refractivity (Wildman–Crippen MR) is 172 cm³/mol. The number of unbranched alkanes of at least 4 members (excludes halogenated alkanes) is 1. The van der Waals surface area contributed by atoms with Crippen LogP contribution in [0.5, 0.6) is 11.5 Å². The smallest absolute Gasteiger partial charge is 0.227 e. The fraction of sp³-hybridized carbons (Fsp3) is 0.625. The number of aromatic hydroxyl groups is 2. The van der Waals surface area contributed by atoms with Crippen LogP contribution in [0.15, 0.2) is 23.2 Å². The third-order valence-electron chi connectivity index (χ3n) is 7.83. The summed E-state index contributed by atoms with van der Waals surface area (Å²) < 4.78 is 5.25. The van der Waals surface area contributed by atoms with Crippen LogP contribution in [-0.2, 0) is 35.1 Å². The van der Waals surface area contributed by atoms with Gasteiger partial charge < -0.3 is 42.4 Å². The SMILES string of the molecule is CC(=O)COCCCC(=O)[C@H](CCCN=C(N)N)NC(=O)[C@H](CCCCN)CC(=O)[C@@H]1CCCN1C(=O)Cc1ccc(O)c(O)c1. The van der Waals surface area contributed by atoms with Crippen LogP contribution in [0.25, 0.3) is 0 Å². The van der Waals surface area contributed by atoms with Gasteiger partial charge in [0.25, 0.3) is 0 Å². The van der Waals surface area contributed by atoms with E-state index in [2.05, 4.69) is 10.3 Å². The second-order valence-electron chi connectivity index (χ2n) is 11.7. The Morgan fingerprint density at radius 1 is 1.07 bits per heavy atom. The van der Waals surface area contributed by atoms with Crippen molar-refractivity contribution in [2.75, 3.05) is 32.8 Å². The molecular formula is C32H50N6O8. The fourth-order valence-corrected chi connectivity index (χ4v) is 5.44. The molecule has 0 bridgehead atoms. The van der Waals surface area contributed by atoms with Crippen LogP contribution in [0, 0.1) is 5.92 Å². The number of carbonyl (C=O) groups excluding carboxylic acids is 5. The van der Waals surface area contributed by atoms with Crippen molar-refractivity contribution >= 4 is 35.1 Å². The summed E-state index contributed by atoms with van der Waals surface area (Å²) in [5.74, 6) is -2.69. The Labute approximate surface area is 270 Å². The molecule has 1 fully saturated rings. The van der Waals surface area contributed by atoms with Crippen LogP contribution in [0.3, 0.4) is 0 Å². The zero-order chi connectivity index (χ0) is 34.1. The fourth-order valence-electron chi connectivity index (χ4n) is 5.44. The number of guanidine groups is 1. The number of likely N-dealkylation sites (tertiary alicyclic amines) is 1. The van der Waals surface area contributed by atoms with Crippen molar-refractivity contribution in [2.24, 2.45) is 28.1 Å². The van der Waals surface area contributed by atoms with Gasteiger partial charge in [0.05, 0.1) is 18.5 Å². The number of amides is 2. The Morgan fingerprint density at radius 3 is 2.50 bits per heavy atom. The first-order valence-corrected chi connectivity index (χ1v) is 15.9. The predicted octanol–water partition coefficient (Wildman–Crippen LogP) is 0.829. The van der Waals surface area contributed by atoms with E-state index in [9.17, 15) is 34.2 Å². The summed E-state index contributed by atoms with van der Waals surface area (Å²) in [5, 5.41) is 22.2. The number of Topliss-reactive ketones (excluding diaryl/α,β-unsaturated/α-hetero) is 3. The standard InChI is InChI=1S/C32H50N6O8/c1-21(39)20-46-16-6-10-26(40)24(8-4-14-36-32(34)35)37-31(45)23(7-2-3-13-33)19-28(42)25-9-5-15-38(25)30(44)18-22-11-12-27(41)29(43)17-22/h11-12,17,23-25,41,43H,2-10,13-16,18-20,33H2,1H3,(H,37,45)(H4,34,35,36)/t23-,24+,25+/m1/s1. The van der Waals surface area contributed by atoms with Crippen molar-refractivity contribution in [3.05, 3.63) is 23.8 Å². The summed E-state index contributed by atoms with van der Waals surface area (Å²) in [6, 6.07) is 2.64. The van der Waals surface area contributed by atoms with Crippen LogP contribution in [0.4, 0.5) is 0 Å². The number of hydrogen-bond acceptors (Lipinski definition) is 10. The van der Waals surface area contributed by atoms with Gasteiger partial charge in [0.1, 0.15) is 6.61 Å². The molecule has 0 radical (unpaired) electrons. The molecular weight excluding hydrogens is 596 g/mol. The molecule has 0 spiro atoms. The lowest BCUT2D eigenvalue weighted by Crippen LogP contribution is -2.46. The van der Waals surface area contributed by atoms with Gasteiger partial charge >= 0.3 is 0 Å². The maximum atomic E-state index is 13.6. The van der Waals surface area contributed by atoms with Crippen molar-refractivity contribution in [1.82, 2.24) is 10.2 Å². The monoisotopic (exact) mass is 646 g/mol. The second kappa shape index (κ2) is 20.2. The number of ether oxygens (including phenoxy) is 1. The van der Waals surface area contributed by atoms with Crippen molar-refractivity contribution in [1.29, 1.82) is 0 Å².